The highest BCUT2D eigenvalue weighted by Gasteiger charge is 2.13. The molecule has 1 aromatic heterocycles. The van der Waals surface area contributed by atoms with Gasteiger partial charge in [-0.1, -0.05) is 11.6 Å². The highest BCUT2D eigenvalue weighted by atomic mass is 35.5. The summed E-state index contributed by atoms with van der Waals surface area (Å²) in [6, 6.07) is 5.99. The number of anilines is 1. The van der Waals surface area contributed by atoms with Crippen LogP contribution in [0.5, 0.6) is 0 Å². The van der Waals surface area contributed by atoms with Gasteiger partial charge in [-0.2, -0.15) is 5.10 Å². The number of sulfonamides is 1. The molecule has 24 heavy (non-hydrogen) atoms. The summed E-state index contributed by atoms with van der Waals surface area (Å²) in [6.45, 7) is 4.10. The summed E-state index contributed by atoms with van der Waals surface area (Å²) in [5.41, 5.74) is 1.40. The molecule has 0 saturated heterocycles. The summed E-state index contributed by atoms with van der Waals surface area (Å²) in [6.07, 6.45) is 2.15. The van der Waals surface area contributed by atoms with Gasteiger partial charge < -0.3 is 5.32 Å². The van der Waals surface area contributed by atoms with Gasteiger partial charge >= 0.3 is 0 Å². The number of aryl methyl sites for hydroxylation is 1. The van der Waals surface area contributed by atoms with Gasteiger partial charge in [0.2, 0.25) is 15.9 Å². The molecule has 1 heterocycles. The topological polar surface area (TPSA) is 93.1 Å². The number of hydrogen-bond acceptors (Lipinski definition) is 4. The van der Waals surface area contributed by atoms with Crippen molar-refractivity contribution in [1.29, 1.82) is 0 Å². The van der Waals surface area contributed by atoms with E-state index in [9.17, 15) is 13.2 Å². The standard InChI is InChI=1S/C15H19ClN4O3S/c1-11-15(16)10-17-20(11)9-3-8-18-24(22,23)14-6-4-13(5-7-14)19-12(2)21/h4-7,10,18H,3,8-9H2,1-2H3,(H,19,21). The predicted molar refractivity (Wildman–Crippen MR) is 92.5 cm³/mol. The number of halogens is 1. The first-order valence-electron chi connectivity index (χ1n) is 7.35. The Hall–Kier alpha value is -1.90. The molecule has 0 fully saturated rings. The number of carbonyl (C=O) groups excluding carboxylic acids is 1. The molecule has 0 unspecified atom stereocenters. The van der Waals surface area contributed by atoms with Crippen LogP contribution >= 0.6 is 11.6 Å². The number of hydrogen-bond donors (Lipinski definition) is 2. The van der Waals surface area contributed by atoms with Crippen LogP contribution in [0.2, 0.25) is 5.02 Å². The van der Waals surface area contributed by atoms with Crippen LogP contribution in [0.25, 0.3) is 0 Å². The molecule has 7 nitrogen and oxygen atoms in total. The van der Waals surface area contributed by atoms with Crippen molar-refractivity contribution in [3.63, 3.8) is 0 Å². The van der Waals surface area contributed by atoms with E-state index >= 15 is 0 Å². The summed E-state index contributed by atoms with van der Waals surface area (Å²) in [4.78, 5) is 11.1. The molecule has 130 valence electrons. The quantitative estimate of drug-likeness (QED) is 0.730. The molecule has 0 spiro atoms. The third-order valence-corrected chi connectivity index (χ3v) is 5.22. The first kappa shape index (κ1) is 18.4. The number of amides is 1. The maximum absolute atomic E-state index is 12.2. The van der Waals surface area contributed by atoms with Crippen LogP contribution in [0.1, 0.15) is 19.0 Å². The van der Waals surface area contributed by atoms with E-state index in [1.807, 2.05) is 6.92 Å². The Morgan fingerprint density at radius 1 is 1.29 bits per heavy atom. The lowest BCUT2D eigenvalue weighted by molar-refractivity contribution is -0.114. The summed E-state index contributed by atoms with van der Waals surface area (Å²) >= 11 is 5.92. The van der Waals surface area contributed by atoms with Gasteiger partial charge in [-0.05, 0) is 37.6 Å². The van der Waals surface area contributed by atoms with Crippen molar-refractivity contribution < 1.29 is 13.2 Å². The smallest absolute Gasteiger partial charge is 0.240 e. The first-order chi connectivity index (χ1) is 11.3. The summed E-state index contributed by atoms with van der Waals surface area (Å²) in [7, 11) is -3.58. The molecule has 1 amide bonds. The van der Waals surface area contributed by atoms with Crippen molar-refractivity contribution in [3.8, 4) is 0 Å². The molecule has 0 radical (unpaired) electrons. The molecule has 0 aliphatic rings. The van der Waals surface area contributed by atoms with Crippen LogP contribution in [0, 0.1) is 6.92 Å². The Labute approximate surface area is 146 Å². The average Bonchev–Trinajstić information content (AvgIpc) is 2.83. The fourth-order valence-electron chi connectivity index (χ4n) is 2.09. The van der Waals surface area contributed by atoms with Gasteiger partial charge in [0.25, 0.3) is 0 Å². The van der Waals surface area contributed by atoms with Crippen molar-refractivity contribution in [2.45, 2.75) is 31.7 Å². The van der Waals surface area contributed by atoms with E-state index < -0.39 is 10.0 Å². The van der Waals surface area contributed by atoms with Crippen LogP contribution in [0.15, 0.2) is 35.4 Å². The molecule has 2 aromatic rings. The lowest BCUT2D eigenvalue weighted by atomic mass is 10.3. The molecule has 1 aromatic carbocycles. The zero-order valence-electron chi connectivity index (χ0n) is 13.4. The number of rotatable bonds is 7. The third kappa shape index (κ3) is 4.80. The van der Waals surface area contributed by atoms with Crippen molar-refractivity contribution in [2.75, 3.05) is 11.9 Å². The van der Waals surface area contributed by atoms with Gasteiger partial charge in [0.1, 0.15) is 0 Å². The monoisotopic (exact) mass is 370 g/mol. The molecule has 0 atom stereocenters. The summed E-state index contributed by atoms with van der Waals surface area (Å²) in [5, 5.41) is 7.29. The number of nitrogens with zero attached hydrogens (tertiary/aromatic N) is 2. The maximum Gasteiger partial charge on any atom is 0.240 e. The predicted octanol–water partition coefficient (Wildman–Crippen LogP) is 2.17. The molecule has 2 N–H and O–H groups in total. The molecule has 0 aliphatic carbocycles. The zero-order valence-corrected chi connectivity index (χ0v) is 15.0. The van der Waals surface area contributed by atoms with Gasteiger partial charge in [0.15, 0.2) is 0 Å². The number of carbonyl (C=O) groups is 1. The molecule has 0 aliphatic heterocycles. The van der Waals surface area contributed by atoms with Crippen LogP contribution in [0.4, 0.5) is 5.69 Å². The average molecular weight is 371 g/mol. The van der Waals surface area contributed by atoms with E-state index in [1.165, 1.54) is 19.1 Å². The fraction of sp³-hybridized carbons (Fsp3) is 0.333. The van der Waals surface area contributed by atoms with E-state index in [2.05, 4.69) is 15.1 Å². The first-order valence-corrected chi connectivity index (χ1v) is 9.21. The Balaban J connectivity index is 1.89. The zero-order chi connectivity index (χ0) is 17.7. The van der Waals surface area contributed by atoms with E-state index in [0.717, 1.165) is 5.69 Å². The van der Waals surface area contributed by atoms with Gasteiger partial charge in [0.05, 0.1) is 21.8 Å². The second kappa shape index (κ2) is 7.78. The van der Waals surface area contributed by atoms with Crippen LogP contribution in [-0.4, -0.2) is 30.7 Å². The van der Waals surface area contributed by atoms with E-state index in [0.29, 0.717) is 23.7 Å². The molecule has 9 heteroatoms. The highest BCUT2D eigenvalue weighted by molar-refractivity contribution is 7.89. The lowest BCUT2D eigenvalue weighted by Gasteiger charge is -2.09. The van der Waals surface area contributed by atoms with Crippen LogP contribution < -0.4 is 10.0 Å². The van der Waals surface area contributed by atoms with Gasteiger partial charge in [-0.3, -0.25) is 9.48 Å². The van der Waals surface area contributed by atoms with Gasteiger partial charge in [-0.15, -0.1) is 0 Å². The number of aromatic nitrogens is 2. The van der Waals surface area contributed by atoms with Gasteiger partial charge in [0, 0.05) is 25.7 Å². The molecular formula is C15H19ClN4O3S. The minimum absolute atomic E-state index is 0.148. The van der Waals surface area contributed by atoms with E-state index in [4.69, 9.17) is 11.6 Å². The minimum Gasteiger partial charge on any atom is -0.326 e. The van der Waals surface area contributed by atoms with Crippen LogP contribution in [-0.2, 0) is 21.4 Å². The van der Waals surface area contributed by atoms with E-state index in [-0.39, 0.29) is 17.3 Å². The van der Waals surface area contributed by atoms with Crippen molar-refractivity contribution >= 4 is 33.2 Å². The Kier molecular flexibility index (Phi) is 5.98. The second-order valence-electron chi connectivity index (χ2n) is 5.26. The third-order valence-electron chi connectivity index (χ3n) is 3.37. The maximum atomic E-state index is 12.2. The Morgan fingerprint density at radius 3 is 2.50 bits per heavy atom. The molecule has 0 saturated carbocycles. The van der Waals surface area contributed by atoms with Crippen LogP contribution in [0.3, 0.4) is 0 Å². The number of benzene rings is 1. The normalized spacial score (nSPS) is 11.5. The number of nitrogens with one attached hydrogen (secondary N) is 2. The summed E-state index contributed by atoms with van der Waals surface area (Å²) in [5.74, 6) is -0.210. The largest absolute Gasteiger partial charge is 0.326 e. The molecule has 2 rings (SSSR count). The Bertz CT molecular complexity index is 816. The molecule has 0 bridgehead atoms. The summed E-state index contributed by atoms with van der Waals surface area (Å²) < 4.78 is 28.7. The van der Waals surface area contributed by atoms with E-state index in [1.54, 1.807) is 23.0 Å². The lowest BCUT2D eigenvalue weighted by Crippen LogP contribution is -2.25. The van der Waals surface area contributed by atoms with Crippen molar-refractivity contribution in [2.24, 2.45) is 0 Å². The van der Waals surface area contributed by atoms with Crippen molar-refractivity contribution in [1.82, 2.24) is 14.5 Å². The SMILES string of the molecule is CC(=O)Nc1ccc(S(=O)(=O)NCCCn2ncc(Cl)c2C)cc1. The minimum atomic E-state index is -3.58. The second-order valence-corrected chi connectivity index (χ2v) is 7.43. The highest BCUT2D eigenvalue weighted by Crippen LogP contribution is 2.15. The van der Waals surface area contributed by atoms with Gasteiger partial charge in [-0.25, -0.2) is 13.1 Å². The van der Waals surface area contributed by atoms with Crippen molar-refractivity contribution in [3.05, 3.63) is 41.2 Å². The fourth-order valence-corrected chi connectivity index (χ4v) is 3.30. The Morgan fingerprint density at radius 2 is 1.96 bits per heavy atom. The molecular weight excluding hydrogens is 352 g/mol.